The second-order valence-electron chi connectivity index (χ2n) is 5.77. The fourth-order valence-corrected chi connectivity index (χ4v) is 2.30. The number of nitrogens with one attached hydrogen (secondary N) is 2. The van der Waals surface area contributed by atoms with E-state index in [1.54, 1.807) is 7.05 Å². The third kappa shape index (κ3) is 3.90. The molecular formula is C16H23N3O3. The standard InChI is InChI=1S/C16H23N3O3/c1-11(2)8-18-15(20)10-19-9-14(16(21)17-3)22-13-7-5-4-6-12(13)19/h4-7,11,14H,8-10H2,1-3H3,(H,17,21)(H,18,20)/t14-/m1/s1. The summed E-state index contributed by atoms with van der Waals surface area (Å²) in [5.41, 5.74) is 0.836. The Balaban J connectivity index is 2.11. The number of hydrogen-bond acceptors (Lipinski definition) is 4. The minimum atomic E-state index is -0.613. The lowest BCUT2D eigenvalue weighted by atomic mass is 10.1. The predicted octanol–water partition coefficient (Wildman–Crippen LogP) is 0.772. The predicted molar refractivity (Wildman–Crippen MR) is 85.0 cm³/mol. The van der Waals surface area contributed by atoms with E-state index < -0.39 is 6.10 Å². The number of carbonyl (C=O) groups is 2. The molecule has 1 aliphatic heterocycles. The summed E-state index contributed by atoms with van der Waals surface area (Å²) in [6.07, 6.45) is -0.613. The van der Waals surface area contributed by atoms with Crippen LogP contribution < -0.4 is 20.3 Å². The highest BCUT2D eigenvalue weighted by Crippen LogP contribution is 2.32. The first-order valence-electron chi connectivity index (χ1n) is 7.50. The summed E-state index contributed by atoms with van der Waals surface area (Å²) in [6, 6.07) is 7.44. The van der Waals surface area contributed by atoms with Crippen LogP contribution in [0.4, 0.5) is 5.69 Å². The number of anilines is 1. The summed E-state index contributed by atoms with van der Waals surface area (Å²) in [5.74, 6) is 0.779. The molecule has 2 rings (SSSR count). The van der Waals surface area contributed by atoms with E-state index in [-0.39, 0.29) is 18.4 Å². The first kappa shape index (κ1) is 16.1. The topological polar surface area (TPSA) is 70.7 Å². The van der Waals surface area contributed by atoms with E-state index >= 15 is 0 Å². The molecule has 0 fully saturated rings. The lowest BCUT2D eigenvalue weighted by Gasteiger charge is -2.35. The van der Waals surface area contributed by atoms with Crippen molar-refractivity contribution in [3.05, 3.63) is 24.3 Å². The van der Waals surface area contributed by atoms with Gasteiger partial charge in [0.05, 0.1) is 18.8 Å². The van der Waals surface area contributed by atoms with Crippen molar-refractivity contribution in [2.24, 2.45) is 5.92 Å². The average molecular weight is 305 g/mol. The van der Waals surface area contributed by atoms with Gasteiger partial charge in [-0.15, -0.1) is 0 Å². The second-order valence-corrected chi connectivity index (χ2v) is 5.77. The van der Waals surface area contributed by atoms with Crippen LogP contribution in [0.1, 0.15) is 13.8 Å². The maximum absolute atomic E-state index is 12.1. The number of benzene rings is 1. The van der Waals surface area contributed by atoms with Crippen LogP contribution in [-0.4, -0.2) is 44.6 Å². The van der Waals surface area contributed by atoms with Crippen LogP contribution >= 0.6 is 0 Å². The molecule has 0 saturated carbocycles. The summed E-state index contributed by atoms with van der Waals surface area (Å²) >= 11 is 0. The number of ether oxygens (including phenoxy) is 1. The Morgan fingerprint density at radius 2 is 2.09 bits per heavy atom. The van der Waals surface area contributed by atoms with E-state index in [4.69, 9.17) is 4.74 Å². The molecule has 1 aromatic carbocycles. The number of nitrogens with zero attached hydrogens (tertiary/aromatic N) is 1. The van der Waals surface area contributed by atoms with Crippen LogP contribution in [0, 0.1) is 5.92 Å². The van der Waals surface area contributed by atoms with E-state index in [2.05, 4.69) is 10.6 Å². The minimum Gasteiger partial charge on any atom is -0.477 e. The molecule has 1 atom stereocenters. The van der Waals surface area contributed by atoms with E-state index in [1.165, 1.54) is 0 Å². The van der Waals surface area contributed by atoms with Gasteiger partial charge in [0.15, 0.2) is 6.10 Å². The molecule has 6 heteroatoms. The largest absolute Gasteiger partial charge is 0.477 e. The number of fused-ring (bicyclic) bond motifs is 1. The number of hydrogen-bond donors (Lipinski definition) is 2. The fourth-order valence-electron chi connectivity index (χ4n) is 2.30. The summed E-state index contributed by atoms with van der Waals surface area (Å²) in [6.45, 7) is 5.30. The fraction of sp³-hybridized carbons (Fsp3) is 0.500. The van der Waals surface area contributed by atoms with Gasteiger partial charge in [-0.1, -0.05) is 26.0 Å². The molecule has 1 aromatic rings. The zero-order valence-corrected chi connectivity index (χ0v) is 13.3. The zero-order chi connectivity index (χ0) is 16.1. The van der Waals surface area contributed by atoms with Gasteiger partial charge in [0.2, 0.25) is 5.91 Å². The summed E-state index contributed by atoms with van der Waals surface area (Å²) in [5, 5.41) is 5.48. The first-order chi connectivity index (χ1) is 10.5. The van der Waals surface area contributed by atoms with Crippen LogP contribution in [0.15, 0.2) is 24.3 Å². The monoisotopic (exact) mass is 305 g/mol. The maximum atomic E-state index is 12.1. The normalized spacial score (nSPS) is 16.7. The molecule has 2 amide bonds. The lowest BCUT2D eigenvalue weighted by Crippen LogP contribution is -2.50. The van der Waals surface area contributed by atoms with Gasteiger partial charge in [-0.2, -0.15) is 0 Å². The molecule has 2 N–H and O–H groups in total. The van der Waals surface area contributed by atoms with Gasteiger partial charge in [0.1, 0.15) is 5.75 Å². The molecule has 1 heterocycles. The third-order valence-corrected chi connectivity index (χ3v) is 3.44. The molecule has 120 valence electrons. The van der Waals surface area contributed by atoms with Crippen molar-refractivity contribution in [2.45, 2.75) is 20.0 Å². The van der Waals surface area contributed by atoms with Gasteiger partial charge in [-0.25, -0.2) is 0 Å². The highest BCUT2D eigenvalue weighted by Gasteiger charge is 2.30. The van der Waals surface area contributed by atoms with Crippen molar-refractivity contribution in [1.82, 2.24) is 10.6 Å². The van der Waals surface area contributed by atoms with Crippen molar-refractivity contribution in [2.75, 3.05) is 31.6 Å². The molecule has 0 aliphatic carbocycles. The van der Waals surface area contributed by atoms with E-state index in [9.17, 15) is 9.59 Å². The van der Waals surface area contributed by atoms with Gasteiger partial charge in [0.25, 0.3) is 5.91 Å². The van der Waals surface area contributed by atoms with Gasteiger partial charge < -0.3 is 20.3 Å². The van der Waals surface area contributed by atoms with E-state index in [0.29, 0.717) is 24.8 Å². The smallest absolute Gasteiger partial charge is 0.262 e. The molecule has 0 saturated heterocycles. The SMILES string of the molecule is CNC(=O)[C@H]1CN(CC(=O)NCC(C)C)c2ccccc2O1. The van der Waals surface area contributed by atoms with Crippen molar-refractivity contribution in [1.29, 1.82) is 0 Å². The van der Waals surface area contributed by atoms with Crippen molar-refractivity contribution in [3.63, 3.8) is 0 Å². The lowest BCUT2D eigenvalue weighted by molar-refractivity contribution is -0.127. The highest BCUT2D eigenvalue weighted by molar-refractivity contribution is 5.86. The maximum Gasteiger partial charge on any atom is 0.262 e. The Bertz CT molecular complexity index is 545. The number of para-hydroxylation sites is 2. The number of rotatable bonds is 5. The van der Waals surface area contributed by atoms with Crippen LogP contribution in [0.25, 0.3) is 0 Å². The first-order valence-corrected chi connectivity index (χ1v) is 7.50. The average Bonchev–Trinajstić information content (AvgIpc) is 2.52. The van der Waals surface area contributed by atoms with Crippen LogP contribution in [-0.2, 0) is 9.59 Å². The van der Waals surface area contributed by atoms with Gasteiger partial charge in [0, 0.05) is 13.6 Å². The third-order valence-electron chi connectivity index (χ3n) is 3.44. The molecule has 0 radical (unpaired) electrons. The Hall–Kier alpha value is -2.24. The number of likely N-dealkylation sites (N-methyl/N-ethyl adjacent to an activating group) is 1. The minimum absolute atomic E-state index is 0.0546. The van der Waals surface area contributed by atoms with Crippen molar-refractivity contribution < 1.29 is 14.3 Å². The van der Waals surface area contributed by atoms with Crippen molar-refractivity contribution in [3.8, 4) is 5.75 Å². The molecule has 0 aromatic heterocycles. The summed E-state index contributed by atoms with van der Waals surface area (Å²) in [4.78, 5) is 25.8. The summed E-state index contributed by atoms with van der Waals surface area (Å²) in [7, 11) is 1.58. The molecule has 6 nitrogen and oxygen atoms in total. The quantitative estimate of drug-likeness (QED) is 0.843. The van der Waals surface area contributed by atoms with Gasteiger partial charge in [-0.3, -0.25) is 9.59 Å². The van der Waals surface area contributed by atoms with Crippen LogP contribution in [0.3, 0.4) is 0 Å². The Morgan fingerprint density at radius 3 is 2.77 bits per heavy atom. The van der Waals surface area contributed by atoms with Gasteiger partial charge >= 0.3 is 0 Å². The van der Waals surface area contributed by atoms with Crippen molar-refractivity contribution >= 4 is 17.5 Å². The Morgan fingerprint density at radius 1 is 1.36 bits per heavy atom. The highest BCUT2D eigenvalue weighted by atomic mass is 16.5. The van der Waals surface area contributed by atoms with E-state index in [1.807, 2.05) is 43.0 Å². The van der Waals surface area contributed by atoms with Gasteiger partial charge in [-0.05, 0) is 18.1 Å². The Labute approximate surface area is 130 Å². The molecule has 1 aliphatic rings. The Kier molecular flexibility index (Phi) is 5.25. The number of carbonyl (C=O) groups excluding carboxylic acids is 2. The molecule has 0 bridgehead atoms. The van der Waals surface area contributed by atoms with Crippen LogP contribution in [0.5, 0.6) is 5.75 Å². The van der Waals surface area contributed by atoms with Crippen LogP contribution in [0.2, 0.25) is 0 Å². The summed E-state index contributed by atoms with van der Waals surface area (Å²) < 4.78 is 5.71. The zero-order valence-electron chi connectivity index (χ0n) is 13.3. The molecule has 22 heavy (non-hydrogen) atoms. The molecular weight excluding hydrogens is 282 g/mol. The number of amides is 2. The second kappa shape index (κ2) is 7.15. The molecule has 0 unspecified atom stereocenters. The molecule has 0 spiro atoms. The van der Waals surface area contributed by atoms with E-state index in [0.717, 1.165) is 5.69 Å².